The summed E-state index contributed by atoms with van der Waals surface area (Å²) in [4.78, 5) is 0. The van der Waals surface area contributed by atoms with Gasteiger partial charge in [0.25, 0.3) is 0 Å². The van der Waals surface area contributed by atoms with Gasteiger partial charge in [0.1, 0.15) is 0 Å². The lowest BCUT2D eigenvalue weighted by Crippen LogP contribution is -2.42. The van der Waals surface area contributed by atoms with E-state index >= 15 is 0 Å². The van der Waals surface area contributed by atoms with Crippen molar-refractivity contribution in [3.05, 3.63) is 0 Å². The fourth-order valence-electron chi connectivity index (χ4n) is 1.07. The molecule has 0 aliphatic carbocycles. The molecule has 0 saturated carbocycles. The fourth-order valence-corrected chi connectivity index (χ4v) is 1.07. The zero-order valence-corrected chi connectivity index (χ0v) is 9.34. The topological polar surface area (TPSA) is 41.5 Å². The maximum absolute atomic E-state index is 9.87. The highest BCUT2D eigenvalue weighted by molar-refractivity contribution is 4.98. The molecule has 0 aromatic rings. The molecule has 0 aliphatic heterocycles. The van der Waals surface area contributed by atoms with E-state index in [1.165, 1.54) is 0 Å². The quantitative estimate of drug-likeness (QED) is 0.595. The summed E-state index contributed by atoms with van der Waals surface area (Å²) in [5.74, 6) is 2.63. The van der Waals surface area contributed by atoms with Gasteiger partial charge in [-0.05, 0) is 13.3 Å². The number of hydrogen-bond donors (Lipinski definition) is 2. The Morgan fingerprint density at radius 1 is 1.64 bits per heavy atom. The first-order valence-corrected chi connectivity index (χ1v) is 4.96. The number of rotatable bonds is 7. The van der Waals surface area contributed by atoms with E-state index in [2.05, 4.69) is 11.2 Å². The molecule has 2 atom stereocenters. The Morgan fingerprint density at radius 3 is 2.71 bits per heavy atom. The first-order valence-electron chi connectivity index (χ1n) is 4.96. The van der Waals surface area contributed by atoms with Crippen molar-refractivity contribution < 1.29 is 9.84 Å². The molecule has 2 N–H and O–H groups in total. The number of hydrogen-bond acceptors (Lipinski definition) is 3. The first-order chi connectivity index (χ1) is 6.55. The average Bonchev–Trinajstić information content (AvgIpc) is 2.16. The van der Waals surface area contributed by atoms with Crippen molar-refractivity contribution in [1.82, 2.24) is 5.32 Å². The van der Waals surface area contributed by atoms with Crippen molar-refractivity contribution in [2.45, 2.75) is 38.3 Å². The molecule has 3 nitrogen and oxygen atoms in total. The normalized spacial score (nSPS) is 17.1. The van der Waals surface area contributed by atoms with E-state index in [9.17, 15) is 5.11 Å². The molecule has 0 amide bonds. The highest BCUT2D eigenvalue weighted by Crippen LogP contribution is 2.08. The van der Waals surface area contributed by atoms with E-state index in [0.29, 0.717) is 19.6 Å². The summed E-state index contributed by atoms with van der Waals surface area (Å²) in [6.07, 6.45) is 6.77. The van der Waals surface area contributed by atoms with Crippen LogP contribution in [-0.4, -0.2) is 37.0 Å². The van der Waals surface area contributed by atoms with Gasteiger partial charge in [-0.1, -0.05) is 12.8 Å². The average molecular weight is 199 g/mol. The molecule has 2 unspecified atom stereocenters. The Bertz CT molecular complexity index is 184. The smallest absolute Gasteiger partial charge is 0.0765 e. The van der Waals surface area contributed by atoms with Gasteiger partial charge in [0.05, 0.1) is 11.6 Å². The van der Waals surface area contributed by atoms with Crippen LogP contribution in [0, 0.1) is 12.3 Å². The lowest BCUT2D eigenvalue weighted by Gasteiger charge is -2.25. The van der Waals surface area contributed by atoms with Crippen LogP contribution in [-0.2, 0) is 4.74 Å². The Labute approximate surface area is 86.8 Å². The molecule has 14 heavy (non-hydrogen) atoms. The number of ether oxygens (including phenoxy) is 1. The zero-order chi connectivity index (χ0) is 11.0. The van der Waals surface area contributed by atoms with Crippen LogP contribution in [0.3, 0.4) is 0 Å². The van der Waals surface area contributed by atoms with E-state index in [1.807, 2.05) is 6.92 Å². The minimum absolute atomic E-state index is 0.0454. The van der Waals surface area contributed by atoms with Crippen molar-refractivity contribution in [2.75, 3.05) is 20.3 Å². The predicted molar refractivity (Wildman–Crippen MR) is 58.0 cm³/mol. The largest absolute Gasteiger partial charge is 0.389 e. The second-order valence-electron chi connectivity index (χ2n) is 3.75. The standard InChI is InChI=1S/C11H21NO2/c1-5-10(6-2)12-9-11(3,13)7-8-14-4/h1,10,12-13H,6-9H2,2-4H3. The van der Waals surface area contributed by atoms with Crippen LogP contribution in [0.5, 0.6) is 0 Å². The summed E-state index contributed by atoms with van der Waals surface area (Å²) in [5, 5.41) is 13.0. The van der Waals surface area contributed by atoms with Crippen LogP contribution in [0.15, 0.2) is 0 Å². The van der Waals surface area contributed by atoms with Gasteiger partial charge >= 0.3 is 0 Å². The molecule has 0 heterocycles. The molecule has 0 radical (unpaired) electrons. The highest BCUT2D eigenvalue weighted by atomic mass is 16.5. The Hall–Kier alpha value is -0.560. The second-order valence-corrected chi connectivity index (χ2v) is 3.75. The van der Waals surface area contributed by atoms with E-state index in [0.717, 1.165) is 6.42 Å². The molecule has 0 rings (SSSR count). The van der Waals surface area contributed by atoms with Crippen molar-refractivity contribution >= 4 is 0 Å². The van der Waals surface area contributed by atoms with Gasteiger partial charge in [0.15, 0.2) is 0 Å². The molecule has 0 aromatic heterocycles. The van der Waals surface area contributed by atoms with Crippen LogP contribution in [0.25, 0.3) is 0 Å². The van der Waals surface area contributed by atoms with Gasteiger partial charge in [0.2, 0.25) is 0 Å². The lowest BCUT2D eigenvalue weighted by atomic mass is 10.0. The van der Waals surface area contributed by atoms with Gasteiger partial charge in [-0.15, -0.1) is 6.42 Å². The third kappa shape index (κ3) is 5.98. The summed E-state index contributed by atoms with van der Waals surface area (Å²) >= 11 is 0. The molecule has 0 aliphatic rings. The van der Waals surface area contributed by atoms with Crippen molar-refractivity contribution in [2.24, 2.45) is 0 Å². The van der Waals surface area contributed by atoms with E-state index < -0.39 is 5.60 Å². The van der Waals surface area contributed by atoms with E-state index in [1.54, 1.807) is 14.0 Å². The molecular weight excluding hydrogens is 178 g/mol. The molecule has 0 saturated heterocycles. The fraction of sp³-hybridized carbons (Fsp3) is 0.818. The number of aliphatic hydroxyl groups is 1. The molecule has 0 bridgehead atoms. The molecule has 82 valence electrons. The first kappa shape index (κ1) is 13.4. The van der Waals surface area contributed by atoms with Gasteiger partial charge in [-0.25, -0.2) is 0 Å². The number of nitrogens with one attached hydrogen (secondary N) is 1. The van der Waals surface area contributed by atoms with Crippen LogP contribution < -0.4 is 5.32 Å². The third-order valence-corrected chi connectivity index (χ3v) is 2.18. The summed E-state index contributed by atoms with van der Waals surface area (Å²) in [6.45, 7) is 4.85. The molecule has 3 heteroatoms. The third-order valence-electron chi connectivity index (χ3n) is 2.18. The minimum atomic E-state index is -0.750. The van der Waals surface area contributed by atoms with Crippen LogP contribution in [0.4, 0.5) is 0 Å². The molecule has 0 fully saturated rings. The molecular formula is C11H21NO2. The second kappa shape index (κ2) is 6.83. The van der Waals surface area contributed by atoms with E-state index in [4.69, 9.17) is 11.2 Å². The Balaban J connectivity index is 3.80. The SMILES string of the molecule is C#CC(CC)NCC(C)(O)CCOC. The Kier molecular flexibility index (Phi) is 6.56. The summed E-state index contributed by atoms with van der Waals surface area (Å²) < 4.78 is 4.91. The monoisotopic (exact) mass is 199 g/mol. The summed E-state index contributed by atoms with van der Waals surface area (Å²) in [6, 6.07) is 0.0454. The maximum Gasteiger partial charge on any atom is 0.0765 e. The van der Waals surface area contributed by atoms with Gasteiger partial charge in [0, 0.05) is 26.7 Å². The minimum Gasteiger partial charge on any atom is -0.389 e. The molecule has 0 spiro atoms. The van der Waals surface area contributed by atoms with Crippen molar-refractivity contribution in [1.29, 1.82) is 0 Å². The maximum atomic E-state index is 9.87. The van der Waals surface area contributed by atoms with Crippen molar-refractivity contribution in [3.8, 4) is 12.3 Å². The summed E-state index contributed by atoms with van der Waals surface area (Å²) in [5.41, 5.74) is -0.750. The lowest BCUT2D eigenvalue weighted by molar-refractivity contribution is 0.0239. The predicted octanol–water partition coefficient (Wildman–Crippen LogP) is 0.775. The zero-order valence-electron chi connectivity index (χ0n) is 9.34. The Morgan fingerprint density at radius 2 is 2.29 bits per heavy atom. The van der Waals surface area contributed by atoms with Crippen LogP contribution in [0.2, 0.25) is 0 Å². The number of methoxy groups -OCH3 is 1. The highest BCUT2D eigenvalue weighted by Gasteiger charge is 2.20. The number of terminal acetylenes is 1. The van der Waals surface area contributed by atoms with Gasteiger partial charge in [-0.2, -0.15) is 0 Å². The van der Waals surface area contributed by atoms with Crippen LogP contribution in [0.1, 0.15) is 26.7 Å². The summed E-state index contributed by atoms with van der Waals surface area (Å²) in [7, 11) is 1.62. The van der Waals surface area contributed by atoms with Crippen LogP contribution >= 0.6 is 0 Å². The van der Waals surface area contributed by atoms with Crippen molar-refractivity contribution in [3.63, 3.8) is 0 Å². The van der Waals surface area contributed by atoms with E-state index in [-0.39, 0.29) is 6.04 Å². The van der Waals surface area contributed by atoms with Gasteiger partial charge < -0.3 is 15.2 Å². The van der Waals surface area contributed by atoms with Gasteiger partial charge in [-0.3, -0.25) is 0 Å². The molecule has 0 aromatic carbocycles.